The molecule has 0 spiro atoms. The monoisotopic (exact) mass is 302 g/mol. The number of halogens is 3. The number of aromatic nitrogens is 1. The Morgan fingerprint density at radius 3 is 2.43 bits per heavy atom. The Kier molecular flexibility index (Phi) is 4.06. The van der Waals surface area contributed by atoms with Gasteiger partial charge in [0, 0.05) is 13.1 Å². The van der Waals surface area contributed by atoms with E-state index in [1.54, 1.807) is 0 Å². The third-order valence-corrected chi connectivity index (χ3v) is 4.02. The molecule has 1 fully saturated rings. The zero-order valence-electron chi connectivity index (χ0n) is 12.5. The highest BCUT2D eigenvalue weighted by molar-refractivity contribution is 5.51. The van der Waals surface area contributed by atoms with Crippen LogP contribution in [0.5, 0.6) is 0 Å². The normalized spacial score (nSPS) is 20.0. The first kappa shape index (κ1) is 15.9. The van der Waals surface area contributed by atoms with Gasteiger partial charge in [-0.15, -0.1) is 0 Å². The molecule has 118 valence electrons. The van der Waals surface area contributed by atoms with E-state index in [2.05, 4.69) is 31.2 Å². The molecule has 2 rings (SSSR count). The first-order chi connectivity index (χ1) is 9.61. The Hall–Kier alpha value is -1.50. The summed E-state index contributed by atoms with van der Waals surface area (Å²) in [7, 11) is 0. The minimum absolute atomic E-state index is 0.0269. The third kappa shape index (κ3) is 3.58. The maximum atomic E-state index is 12.9. The van der Waals surface area contributed by atoms with Crippen LogP contribution < -0.4 is 16.2 Å². The van der Waals surface area contributed by atoms with Crippen molar-refractivity contribution in [1.29, 1.82) is 0 Å². The number of hydrazine groups is 1. The summed E-state index contributed by atoms with van der Waals surface area (Å²) in [4.78, 5) is 6.05. The van der Waals surface area contributed by atoms with Crippen molar-refractivity contribution in [1.82, 2.24) is 4.98 Å². The molecular formula is C14H21F3N4. The molecule has 1 aliphatic heterocycles. The smallest absolute Gasteiger partial charge is 0.356 e. The molecule has 0 amide bonds. The van der Waals surface area contributed by atoms with Crippen LogP contribution in [0.2, 0.25) is 0 Å². The van der Waals surface area contributed by atoms with Gasteiger partial charge in [0.05, 0.1) is 5.56 Å². The predicted octanol–water partition coefficient (Wildman–Crippen LogP) is 3.26. The largest absolute Gasteiger partial charge is 0.416 e. The van der Waals surface area contributed by atoms with Crippen molar-refractivity contribution in [2.24, 2.45) is 17.2 Å². The van der Waals surface area contributed by atoms with E-state index in [9.17, 15) is 13.2 Å². The van der Waals surface area contributed by atoms with Crippen molar-refractivity contribution in [2.75, 3.05) is 23.4 Å². The van der Waals surface area contributed by atoms with Gasteiger partial charge in [0.1, 0.15) is 11.6 Å². The summed E-state index contributed by atoms with van der Waals surface area (Å²) in [6, 6.07) is 2.01. The van der Waals surface area contributed by atoms with Gasteiger partial charge in [-0.05, 0) is 29.9 Å². The number of nitrogens with zero attached hydrogens (tertiary/aromatic N) is 2. The number of pyridine rings is 1. The van der Waals surface area contributed by atoms with Crippen LogP contribution in [0.15, 0.2) is 12.1 Å². The van der Waals surface area contributed by atoms with E-state index in [1.807, 2.05) is 4.90 Å². The molecule has 2 heterocycles. The molecule has 1 unspecified atom stereocenters. The number of nitrogens with one attached hydrogen (secondary N) is 1. The second-order valence-corrected chi connectivity index (χ2v) is 6.54. The van der Waals surface area contributed by atoms with Crippen LogP contribution in [0.25, 0.3) is 0 Å². The van der Waals surface area contributed by atoms with Gasteiger partial charge in [0.2, 0.25) is 0 Å². The lowest BCUT2D eigenvalue weighted by Crippen LogP contribution is -2.27. The maximum absolute atomic E-state index is 12.9. The minimum atomic E-state index is -4.41. The summed E-state index contributed by atoms with van der Waals surface area (Å²) in [6.07, 6.45) is -3.46. The lowest BCUT2D eigenvalue weighted by Gasteiger charge is -2.27. The fourth-order valence-electron chi connectivity index (χ4n) is 2.59. The SMILES string of the molecule is CC(C)(C)C1CCN(c2cc(C(F)(F)F)cc(NN)n2)C1. The van der Waals surface area contributed by atoms with E-state index >= 15 is 0 Å². The van der Waals surface area contributed by atoms with Gasteiger partial charge in [0.25, 0.3) is 0 Å². The highest BCUT2D eigenvalue weighted by Crippen LogP contribution is 2.37. The molecule has 4 nitrogen and oxygen atoms in total. The second kappa shape index (κ2) is 5.36. The Morgan fingerprint density at radius 2 is 1.95 bits per heavy atom. The van der Waals surface area contributed by atoms with Gasteiger partial charge in [-0.1, -0.05) is 20.8 Å². The number of rotatable bonds is 2. The number of nitrogen functional groups attached to an aromatic ring is 1. The van der Waals surface area contributed by atoms with E-state index in [0.29, 0.717) is 24.8 Å². The summed E-state index contributed by atoms with van der Waals surface area (Å²) in [5.41, 5.74) is 1.60. The van der Waals surface area contributed by atoms with Gasteiger partial charge < -0.3 is 10.3 Å². The summed E-state index contributed by atoms with van der Waals surface area (Å²) < 4.78 is 38.8. The zero-order valence-corrected chi connectivity index (χ0v) is 12.5. The molecule has 3 N–H and O–H groups in total. The molecule has 1 aromatic rings. The molecule has 1 saturated heterocycles. The topological polar surface area (TPSA) is 54.2 Å². The summed E-state index contributed by atoms with van der Waals surface area (Å²) in [5, 5.41) is 0. The van der Waals surface area contributed by atoms with Crippen LogP contribution in [-0.4, -0.2) is 18.1 Å². The molecule has 21 heavy (non-hydrogen) atoms. The first-order valence-corrected chi connectivity index (χ1v) is 6.92. The first-order valence-electron chi connectivity index (χ1n) is 6.92. The van der Waals surface area contributed by atoms with Crippen molar-refractivity contribution in [3.8, 4) is 0 Å². The fourth-order valence-corrected chi connectivity index (χ4v) is 2.59. The number of nitrogens with two attached hydrogens (primary N) is 1. The molecule has 0 saturated carbocycles. The van der Waals surface area contributed by atoms with Crippen LogP contribution in [-0.2, 0) is 6.18 Å². The maximum Gasteiger partial charge on any atom is 0.416 e. The number of alkyl halides is 3. The third-order valence-electron chi connectivity index (χ3n) is 4.02. The Balaban J connectivity index is 2.28. The quantitative estimate of drug-likeness (QED) is 0.650. The van der Waals surface area contributed by atoms with Crippen molar-refractivity contribution >= 4 is 11.6 Å². The molecule has 0 aliphatic carbocycles. The van der Waals surface area contributed by atoms with Gasteiger partial charge >= 0.3 is 6.18 Å². The molecule has 0 bridgehead atoms. The van der Waals surface area contributed by atoms with Gasteiger partial charge in [-0.3, -0.25) is 0 Å². The molecular weight excluding hydrogens is 281 g/mol. The van der Waals surface area contributed by atoms with Crippen LogP contribution in [0, 0.1) is 11.3 Å². The van der Waals surface area contributed by atoms with Gasteiger partial charge in [-0.2, -0.15) is 13.2 Å². The molecule has 7 heteroatoms. The van der Waals surface area contributed by atoms with E-state index in [1.165, 1.54) is 0 Å². The van der Waals surface area contributed by atoms with E-state index in [0.717, 1.165) is 18.6 Å². The molecule has 1 aromatic heterocycles. The van der Waals surface area contributed by atoms with Crippen LogP contribution in [0.4, 0.5) is 24.8 Å². The summed E-state index contributed by atoms with van der Waals surface area (Å²) in [6.45, 7) is 7.86. The van der Waals surface area contributed by atoms with Crippen molar-refractivity contribution in [2.45, 2.75) is 33.4 Å². The fraction of sp³-hybridized carbons (Fsp3) is 0.643. The van der Waals surface area contributed by atoms with Gasteiger partial charge in [0.15, 0.2) is 0 Å². The molecule has 1 atom stereocenters. The van der Waals surface area contributed by atoms with E-state index in [4.69, 9.17) is 5.84 Å². The van der Waals surface area contributed by atoms with Crippen molar-refractivity contribution < 1.29 is 13.2 Å². The number of hydrogen-bond acceptors (Lipinski definition) is 4. The average molecular weight is 302 g/mol. The lowest BCUT2D eigenvalue weighted by atomic mass is 9.80. The van der Waals surface area contributed by atoms with Crippen LogP contribution >= 0.6 is 0 Å². The highest BCUT2D eigenvalue weighted by atomic mass is 19.4. The summed E-state index contributed by atoms with van der Waals surface area (Å²) >= 11 is 0. The minimum Gasteiger partial charge on any atom is -0.356 e. The predicted molar refractivity (Wildman–Crippen MR) is 76.8 cm³/mol. The Morgan fingerprint density at radius 1 is 1.29 bits per heavy atom. The van der Waals surface area contributed by atoms with Crippen molar-refractivity contribution in [3.05, 3.63) is 17.7 Å². The van der Waals surface area contributed by atoms with E-state index in [-0.39, 0.29) is 11.2 Å². The highest BCUT2D eigenvalue weighted by Gasteiger charge is 2.35. The van der Waals surface area contributed by atoms with E-state index < -0.39 is 11.7 Å². The average Bonchev–Trinajstić information content (AvgIpc) is 2.86. The Bertz CT molecular complexity index is 508. The standard InChI is InChI=1S/C14H21F3N4/c1-13(2,3)9-4-5-21(8-9)12-7-10(14(15,16)17)6-11(19-12)20-18/h6-7,9H,4-5,8,18H2,1-3H3,(H,19,20). The number of hydrogen-bond donors (Lipinski definition) is 2. The van der Waals surface area contributed by atoms with Gasteiger partial charge in [-0.25, -0.2) is 10.8 Å². The molecule has 0 aromatic carbocycles. The molecule has 0 radical (unpaired) electrons. The second-order valence-electron chi connectivity index (χ2n) is 6.54. The summed E-state index contributed by atoms with van der Waals surface area (Å²) in [5.74, 6) is 6.01. The lowest BCUT2D eigenvalue weighted by molar-refractivity contribution is -0.137. The Labute approximate surface area is 122 Å². The van der Waals surface area contributed by atoms with Crippen LogP contribution in [0.1, 0.15) is 32.8 Å². The zero-order chi connectivity index (χ0) is 15.8. The number of anilines is 2. The van der Waals surface area contributed by atoms with Crippen LogP contribution in [0.3, 0.4) is 0 Å². The van der Waals surface area contributed by atoms with Crippen molar-refractivity contribution in [3.63, 3.8) is 0 Å². The molecule has 1 aliphatic rings.